The van der Waals surface area contributed by atoms with Crippen molar-refractivity contribution in [3.05, 3.63) is 23.8 Å². The summed E-state index contributed by atoms with van der Waals surface area (Å²) in [5.74, 6) is -1.59. The van der Waals surface area contributed by atoms with Crippen LogP contribution in [0.15, 0.2) is 18.2 Å². The zero-order valence-electron chi connectivity index (χ0n) is 9.71. The molecule has 7 nitrogen and oxygen atoms in total. The first-order chi connectivity index (χ1) is 8.49. The number of hydrogen-bond donors (Lipinski definition) is 4. The molecular formula is C11H14N2O5. The Labute approximate surface area is 103 Å². The molecule has 0 fully saturated rings. The van der Waals surface area contributed by atoms with Gasteiger partial charge >= 0.3 is 5.97 Å². The molecule has 18 heavy (non-hydrogen) atoms. The van der Waals surface area contributed by atoms with Gasteiger partial charge in [0.2, 0.25) is 0 Å². The monoisotopic (exact) mass is 254 g/mol. The van der Waals surface area contributed by atoms with Crippen LogP contribution < -0.4 is 15.8 Å². The summed E-state index contributed by atoms with van der Waals surface area (Å²) >= 11 is 0. The number of hydrogen-bond acceptors (Lipinski definition) is 5. The predicted molar refractivity (Wildman–Crippen MR) is 63.4 cm³/mol. The predicted octanol–water partition coefficient (Wildman–Crippen LogP) is -0.547. The second-order valence-electron chi connectivity index (χ2n) is 3.50. The van der Waals surface area contributed by atoms with Crippen LogP contribution in [0.3, 0.4) is 0 Å². The topological polar surface area (TPSA) is 122 Å². The van der Waals surface area contributed by atoms with Crippen molar-refractivity contribution in [2.45, 2.75) is 6.04 Å². The Hall–Kier alpha value is -2.28. The molecule has 0 saturated carbocycles. The number of aliphatic carboxylic acids is 1. The number of carbonyl (C=O) groups is 2. The standard InChI is InChI=1S/C11H14N2O5/c1-18-6-2-3-8(12)7(4-6)10(15)13-9(5-14)11(16)17/h2-4,9,14H,5,12H2,1H3,(H,13,15)(H,16,17)/t9-/m1/s1. The Morgan fingerprint density at radius 2 is 2.17 bits per heavy atom. The van der Waals surface area contributed by atoms with Gasteiger partial charge in [-0.15, -0.1) is 0 Å². The minimum atomic E-state index is -1.37. The largest absolute Gasteiger partial charge is 0.497 e. The van der Waals surface area contributed by atoms with Crippen LogP contribution in [0.5, 0.6) is 5.75 Å². The first-order valence-electron chi connectivity index (χ1n) is 5.07. The summed E-state index contributed by atoms with van der Waals surface area (Å²) in [5.41, 5.74) is 5.89. The van der Waals surface area contributed by atoms with Gasteiger partial charge in [-0.1, -0.05) is 0 Å². The lowest BCUT2D eigenvalue weighted by Gasteiger charge is -2.13. The van der Waals surface area contributed by atoms with Crippen molar-refractivity contribution >= 4 is 17.6 Å². The smallest absolute Gasteiger partial charge is 0.328 e. The number of aliphatic hydroxyl groups is 1. The number of carboxylic acid groups (broad SMARTS) is 1. The van der Waals surface area contributed by atoms with E-state index >= 15 is 0 Å². The van der Waals surface area contributed by atoms with Gasteiger partial charge in [-0.25, -0.2) is 4.79 Å². The van der Waals surface area contributed by atoms with Crippen molar-refractivity contribution in [3.8, 4) is 5.75 Å². The number of nitrogens with two attached hydrogens (primary N) is 1. The van der Waals surface area contributed by atoms with Crippen LogP contribution in [0.4, 0.5) is 5.69 Å². The molecule has 1 aromatic carbocycles. The molecule has 0 radical (unpaired) electrons. The molecular weight excluding hydrogens is 240 g/mol. The van der Waals surface area contributed by atoms with E-state index in [9.17, 15) is 9.59 Å². The fraction of sp³-hybridized carbons (Fsp3) is 0.273. The Morgan fingerprint density at radius 1 is 1.50 bits per heavy atom. The summed E-state index contributed by atoms with van der Waals surface area (Å²) in [7, 11) is 1.43. The van der Waals surface area contributed by atoms with E-state index in [-0.39, 0.29) is 11.3 Å². The van der Waals surface area contributed by atoms with Gasteiger partial charge in [-0.05, 0) is 18.2 Å². The fourth-order valence-corrected chi connectivity index (χ4v) is 1.28. The van der Waals surface area contributed by atoms with Gasteiger partial charge in [0.25, 0.3) is 5.91 Å². The summed E-state index contributed by atoms with van der Waals surface area (Å²) in [5, 5.41) is 19.7. The van der Waals surface area contributed by atoms with E-state index in [0.717, 1.165) is 0 Å². The second kappa shape index (κ2) is 5.87. The molecule has 0 saturated heterocycles. The second-order valence-corrected chi connectivity index (χ2v) is 3.50. The molecule has 0 heterocycles. The summed E-state index contributed by atoms with van der Waals surface area (Å²) in [4.78, 5) is 22.5. The number of benzene rings is 1. The lowest BCUT2D eigenvalue weighted by molar-refractivity contribution is -0.140. The van der Waals surface area contributed by atoms with E-state index in [4.69, 9.17) is 20.7 Å². The normalized spacial score (nSPS) is 11.7. The van der Waals surface area contributed by atoms with Crippen LogP contribution in [0.2, 0.25) is 0 Å². The van der Waals surface area contributed by atoms with E-state index in [1.54, 1.807) is 6.07 Å². The van der Waals surface area contributed by atoms with E-state index < -0.39 is 24.5 Å². The Kier molecular flexibility index (Phi) is 4.50. The molecule has 1 aromatic rings. The maximum absolute atomic E-state index is 11.8. The van der Waals surface area contributed by atoms with E-state index in [1.165, 1.54) is 19.2 Å². The molecule has 0 aliphatic heterocycles. The molecule has 1 amide bonds. The van der Waals surface area contributed by atoms with Crippen LogP contribution >= 0.6 is 0 Å². The number of ether oxygens (including phenoxy) is 1. The van der Waals surface area contributed by atoms with Crippen LogP contribution in [-0.2, 0) is 4.79 Å². The van der Waals surface area contributed by atoms with Crippen LogP contribution in [-0.4, -0.2) is 41.8 Å². The molecule has 0 aliphatic carbocycles. The van der Waals surface area contributed by atoms with Gasteiger partial charge in [0.15, 0.2) is 6.04 Å². The number of anilines is 1. The number of aliphatic hydroxyl groups excluding tert-OH is 1. The van der Waals surface area contributed by atoms with Crippen molar-refractivity contribution in [3.63, 3.8) is 0 Å². The maximum atomic E-state index is 11.8. The SMILES string of the molecule is COc1ccc(N)c(C(=O)N[C@H](CO)C(=O)O)c1. The highest BCUT2D eigenvalue weighted by Crippen LogP contribution is 2.19. The van der Waals surface area contributed by atoms with Crippen molar-refractivity contribution in [2.75, 3.05) is 19.5 Å². The first kappa shape index (κ1) is 13.8. The molecule has 0 aromatic heterocycles. The third-order valence-corrected chi connectivity index (χ3v) is 2.29. The van der Waals surface area contributed by atoms with Crippen LogP contribution in [0, 0.1) is 0 Å². The highest BCUT2D eigenvalue weighted by atomic mass is 16.5. The van der Waals surface area contributed by atoms with Crippen LogP contribution in [0.1, 0.15) is 10.4 Å². The molecule has 1 rings (SSSR count). The Morgan fingerprint density at radius 3 is 2.67 bits per heavy atom. The number of nitrogen functional groups attached to an aromatic ring is 1. The molecule has 1 atom stereocenters. The number of carbonyl (C=O) groups excluding carboxylic acids is 1. The average Bonchev–Trinajstić information content (AvgIpc) is 2.35. The highest BCUT2D eigenvalue weighted by molar-refractivity contribution is 6.01. The molecule has 0 unspecified atom stereocenters. The van der Waals surface area contributed by atoms with E-state index in [1.807, 2.05) is 0 Å². The molecule has 7 heteroatoms. The molecule has 0 bridgehead atoms. The molecule has 5 N–H and O–H groups in total. The Bertz CT molecular complexity index is 461. The first-order valence-corrected chi connectivity index (χ1v) is 5.07. The maximum Gasteiger partial charge on any atom is 0.328 e. The van der Waals surface area contributed by atoms with Crippen molar-refractivity contribution in [2.24, 2.45) is 0 Å². The van der Waals surface area contributed by atoms with E-state index in [0.29, 0.717) is 5.75 Å². The molecule has 0 spiro atoms. The number of carboxylic acids is 1. The van der Waals surface area contributed by atoms with Gasteiger partial charge in [0.05, 0.1) is 19.3 Å². The van der Waals surface area contributed by atoms with E-state index in [2.05, 4.69) is 5.32 Å². The van der Waals surface area contributed by atoms with Crippen molar-refractivity contribution < 1.29 is 24.5 Å². The average molecular weight is 254 g/mol. The highest BCUT2D eigenvalue weighted by Gasteiger charge is 2.21. The van der Waals surface area contributed by atoms with Gasteiger partial charge in [-0.3, -0.25) is 4.79 Å². The van der Waals surface area contributed by atoms with Gasteiger partial charge in [0, 0.05) is 5.69 Å². The summed E-state index contributed by atoms with van der Waals surface area (Å²) in [6, 6.07) is 3.07. The third-order valence-electron chi connectivity index (χ3n) is 2.29. The van der Waals surface area contributed by atoms with Crippen molar-refractivity contribution in [1.29, 1.82) is 0 Å². The zero-order chi connectivity index (χ0) is 13.7. The molecule has 98 valence electrons. The lowest BCUT2D eigenvalue weighted by atomic mass is 10.1. The van der Waals surface area contributed by atoms with Gasteiger partial charge in [-0.2, -0.15) is 0 Å². The quantitative estimate of drug-likeness (QED) is 0.523. The fourth-order valence-electron chi connectivity index (χ4n) is 1.28. The lowest BCUT2D eigenvalue weighted by Crippen LogP contribution is -2.43. The zero-order valence-corrected chi connectivity index (χ0v) is 9.71. The van der Waals surface area contributed by atoms with Crippen molar-refractivity contribution in [1.82, 2.24) is 5.32 Å². The van der Waals surface area contributed by atoms with Gasteiger partial charge < -0.3 is 26.0 Å². The molecule has 0 aliphatic rings. The minimum absolute atomic E-state index is 0.0917. The van der Waals surface area contributed by atoms with Crippen LogP contribution in [0.25, 0.3) is 0 Å². The third kappa shape index (κ3) is 3.11. The minimum Gasteiger partial charge on any atom is -0.497 e. The summed E-state index contributed by atoms with van der Waals surface area (Å²) in [6.45, 7) is -0.703. The number of amides is 1. The number of nitrogens with one attached hydrogen (secondary N) is 1. The Balaban J connectivity index is 2.93. The summed E-state index contributed by atoms with van der Waals surface area (Å²) < 4.78 is 4.94. The summed E-state index contributed by atoms with van der Waals surface area (Å²) in [6.07, 6.45) is 0. The number of rotatable bonds is 5. The van der Waals surface area contributed by atoms with Gasteiger partial charge in [0.1, 0.15) is 5.75 Å². The number of methoxy groups -OCH3 is 1.